The van der Waals surface area contributed by atoms with Crippen molar-refractivity contribution in [1.82, 2.24) is 15.3 Å². The van der Waals surface area contributed by atoms with E-state index in [4.69, 9.17) is 23.2 Å². The molecule has 0 unspecified atom stereocenters. The molecule has 0 radical (unpaired) electrons. The molecule has 1 aromatic carbocycles. The van der Waals surface area contributed by atoms with Crippen LogP contribution in [0.25, 0.3) is 11.3 Å². The van der Waals surface area contributed by atoms with Crippen LogP contribution in [-0.2, 0) is 6.54 Å². The SMILES string of the molecule is Clc1cccc(-c2cnc(CNC3CC3)[nH]2)c1Cl. The molecular formula is C13H13Cl2N3. The van der Waals surface area contributed by atoms with Gasteiger partial charge < -0.3 is 10.3 Å². The van der Waals surface area contributed by atoms with Crippen LogP contribution in [0, 0.1) is 0 Å². The minimum Gasteiger partial charge on any atom is -0.341 e. The second-order valence-electron chi connectivity index (χ2n) is 4.50. The molecule has 3 nitrogen and oxygen atoms in total. The summed E-state index contributed by atoms with van der Waals surface area (Å²) in [6, 6.07) is 6.26. The molecule has 0 bridgehead atoms. The molecule has 1 aromatic heterocycles. The Bertz CT molecular complexity index is 561. The summed E-state index contributed by atoms with van der Waals surface area (Å²) in [6.45, 7) is 0.767. The highest BCUT2D eigenvalue weighted by atomic mass is 35.5. The molecule has 5 heteroatoms. The van der Waals surface area contributed by atoms with Gasteiger partial charge in [0.2, 0.25) is 0 Å². The van der Waals surface area contributed by atoms with Gasteiger partial charge in [0.15, 0.2) is 0 Å². The Hall–Kier alpha value is -1.03. The Balaban J connectivity index is 1.80. The summed E-state index contributed by atoms with van der Waals surface area (Å²) in [5, 5.41) is 4.53. The smallest absolute Gasteiger partial charge is 0.120 e. The van der Waals surface area contributed by atoms with Gasteiger partial charge in [-0.2, -0.15) is 0 Å². The number of halogens is 2. The number of benzene rings is 1. The summed E-state index contributed by atoms with van der Waals surface area (Å²) >= 11 is 12.2. The van der Waals surface area contributed by atoms with Crippen LogP contribution >= 0.6 is 23.2 Å². The molecule has 0 amide bonds. The molecule has 18 heavy (non-hydrogen) atoms. The van der Waals surface area contributed by atoms with E-state index in [2.05, 4.69) is 15.3 Å². The third-order valence-corrected chi connectivity index (χ3v) is 3.82. The monoisotopic (exact) mass is 281 g/mol. The van der Waals surface area contributed by atoms with Gasteiger partial charge in [0, 0.05) is 11.6 Å². The number of aromatic nitrogens is 2. The van der Waals surface area contributed by atoms with Crippen LogP contribution in [0.3, 0.4) is 0 Å². The third-order valence-electron chi connectivity index (χ3n) is 3.01. The van der Waals surface area contributed by atoms with Crippen LogP contribution in [-0.4, -0.2) is 16.0 Å². The molecule has 1 fully saturated rings. The average molecular weight is 282 g/mol. The lowest BCUT2D eigenvalue weighted by atomic mass is 10.2. The summed E-state index contributed by atoms with van der Waals surface area (Å²) in [7, 11) is 0. The van der Waals surface area contributed by atoms with Gasteiger partial charge in [-0.25, -0.2) is 4.98 Å². The normalized spacial score (nSPS) is 15.0. The van der Waals surface area contributed by atoms with Crippen molar-refractivity contribution < 1.29 is 0 Å². The average Bonchev–Trinajstić information content (AvgIpc) is 3.08. The minimum atomic E-state index is 0.557. The standard InChI is InChI=1S/C13H13Cl2N3/c14-10-3-1-2-9(13(10)15)11-6-17-12(18-11)7-16-8-4-5-8/h1-3,6,8,16H,4-5,7H2,(H,17,18). The zero-order valence-electron chi connectivity index (χ0n) is 9.71. The number of nitrogens with one attached hydrogen (secondary N) is 2. The largest absolute Gasteiger partial charge is 0.341 e. The molecule has 1 saturated carbocycles. The number of hydrogen-bond acceptors (Lipinski definition) is 2. The first kappa shape index (κ1) is 12.0. The lowest BCUT2D eigenvalue weighted by molar-refractivity contribution is 0.664. The van der Waals surface area contributed by atoms with Crippen molar-refractivity contribution in [3.63, 3.8) is 0 Å². The first-order valence-electron chi connectivity index (χ1n) is 5.95. The van der Waals surface area contributed by atoms with E-state index < -0.39 is 0 Å². The van der Waals surface area contributed by atoms with Crippen molar-refractivity contribution in [1.29, 1.82) is 0 Å². The van der Waals surface area contributed by atoms with Crippen molar-refractivity contribution in [2.24, 2.45) is 0 Å². The Kier molecular flexibility index (Phi) is 3.29. The zero-order valence-corrected chi connectivity index (χ0v) is 11.2. The first-order chi connectivity index (χ1) is 8.74. The topological polar surface area (TPSA) is 40.7 Å². The van der Waals surface area contributed by atoms with Crippen LogP contribution in [0.15, 0.2) is 24.4 Å². The van der Waals surface area contributed by atoms with E-state index in [1.54, 1.807) is 12.3 Å². The maximum absolute atomic E-state index is 6.18. The predicted molar refractivity (Wildman–Crippen MR) is 73.9 cm³/mol. The number of rotatable bonds is 4. The van der Waals surface area contributed by atoms with Gasteiger partial charge in [0.25, 0.3) is 0 Å². The lowest BCUT2D eigenvalue weighted by Gasteiger charge is -2.03. The molecule has 2 aromatic rings. The second kappa shape index (κ2) is 4.92. The Morgan fingerprint density at radius 2 is 2.17 bits per heavy atom. The molecule has 0 spiro atoms. The fourth-order valence-electron chi connectivity index (χ4n) is 1.83. The first-order valence-corrected chi connectivity index (χ1v) is 6.71. The molecule has 1 heterocycles. The van der Waals surface area contributed by atoms with Gasteiger partial charge in [-0.05, 0) is 18.9 Å². The van der Waals surface area contributed by atoms with Gasteiger partial charge in [0.1, 0.15) is 5.82 Å². The van der Waals surface area contributed by atoms with Gasteiger partial charge in [0.05, 0.1) is 28.5 Å². The van der Waals surface area contributed by atoms with Crippen LogP contribution in [0.4, 0.5) is 0 Å². The highest BCUT2D eigenvalue weighted by Gasteiger charge is 2.20. The van der Waals surface area contributed by atoms with E-state index in [1.807, 2.05) is 12.1 Å². The van der Waals surface area contributed by atoms with E-state index in [0.29, 0.717) is 16.1 Å². The van der Waals surface area contributed by atoms with Crippen molar-refractivity contribution in [3.05, 3.63) is 40.3 Å². The summed E-state index contributed by atoms with van der Waals surface area (Å²) in [4.78, 5) is 7.61. The second-order valence-corrected chi connectivity index (χ2v) is 5.29. The van der Waals surface area contributed by atoms with Gasteiger partial charge in [-0.1, -0.05) is 35.3 Å². The fourth-order valence-corrected chi connectivity index (χ4v) is 2.23. The van der Waals surface area contributed by atoms with E-state index in [1.165, 1.54) is 12.8 Å². The summed E-state index contributed by atoms with van der Waals surface area (Å²) in [6.07, 6.45) is 4.34. The number of imidazole rings is 1. The number of aromatic amines is 1. The molecule has 0 aliphatic heterocycles. The molecule has 1 aliphatic rings. The quantitative estimate of drug-likeness (QED) is 0.899. The highest BCUT2D eigenvalue weighted by Crippen LogP contribution is 2.32. The van der Waals surface area contributed by atoms with Crippen LogP contribution < -0.4 is 5.32 Å². The van der Waals surface area contributed by atoms with Gasteiger partial charge in [-0.3, -0.25) is 0 Å². The molecule has 2 N–H and O–H groups in total. The zero-order chi connectivity index (χ0) is 12.5. The van der Waals surface area contributed by atoms with Crippen LogP contribution in [0.2, 0.25) is 10.0 Å². The summed E-state index contributed by atoms with van der Waals surface area (Å²) in [5.74, 6) is 0.924. The summed E-state index contributed by atoms with van der Waals surface area (Å²) < 4.78 is 0. The van der Waals surface area contributed by atoms with Crippen molar-refractivity contribution in [2.45, 2.75) is 25.4 Å². The third kappa shape index (κ3) is 2.53. The molecular weight excluding hydrogens is 269 g/mol. The lowest BCUT2D eigenvalue weighted by Crippen LogP contribution is -2.16. The Morgan fingerprint density at radius 1 is 1.33 bits per heavy atom. The van der Waals surface area contributed by atoms with Gasteiger partial charge in [-0.15, -0.1) is 0 Å². The molecule has 0 saturated heterocycles. The fraction of sp³-hybridized carbons (Fsp3) is 0.308. The molecule has 0 atom stereocenters. The maximum Gasteiger partial charge on any atom is 0.120 e. The number of hydrogen-bond donors (Lipinski definition) is 2. The van der Waals surface area contributed by atoms with Crippen LogP contribution in [0.5, 0.6) is 0 Å². The Labute approximate surface area is 116 Å². The van der Waals surface area contributed by atoms with Gasteiger partial charge >= 0.3 is 0 Å². The summed E-state index contributed by atoms with van der Waals surface area (Å²) in [5.41, 5.74) is 1.78. The highest BCUT2D eigenvalue weighted by molar-refractivity contribution is 6.43. The molecule has 3 rings (SSSR count). The number of H-pyrrole nitrogens is 1. The Morgan fingerprint density at radius 3 is 2.94 bits per heavy atom. The molecule has 94 valence electrons. The maximum atomic E-state index is 6.18. The number of nitrogens with zero attached hydrogens (tertiary/aromatic N) is 1. The van der Waals surface area contributed by atoms with E-state index in [-0.39, 0.29) is 0 Å². The van der Waals surface area contributed by atoms with Crippen molar-refractivity contribution in [3.8, 4) is 11.3 Å². The van der Waals surface area contributed by atoms with E-state index >= 15 is 0 Å². The van der Waals surface area contributed by atoms with Crippen molar-refractivity contribution >= 4 is 23.2 Å². The van der Waals surface area contributed by atoms with Crippen molar-refractivity contribution in [2.75, 3.05) is 0 Å². The molecule has 1 aliphatic carbocycles. The predicted octanol–water partition coefficient (Wildman–Crippen LogP) is 3.64. The van der Waals surface area contributed by atoms with E-state index in [0.717, 1.165) is 23.6 Å². The minimum absolute atomic E-state index is 0.557. The van der Waals surface area contributed by atoms with E-state index in [9.17, 15) is 0 Å². The van der Waals surface area contributed by atoms with Crippen LogP contribution in [0.1, 0.15) is 18.7 Å².